The standard InChI is InChI=1S/C20H23FN2O/c1-14(2)20(16-7-9-17(21)10-8-16)22-13-19(24)23-12-11-15-5-3-4-6-18(15)23/h3-10,14,20,22H,11-13H2,1-2H3/t20-/m0/s1. The van der Waals surface area contributed by atoms with Gasteiger partial charge in [0.25, 0.3) is 0 Å². The number of nitrogens with zero attached hydrogens (tertiary/aromatic N) is 1. The second kappa shape index (κ2) is 7.14. The molecular weight excluding hydrogens is 303 g/mol. The summed E-state index contributed by atoms with van der Waals surface area (Å²) in [6, 6.07) is 14.6. The van der Waals surface area contributed by atoms with Crippen LogP contribution in [0.1, 0.15) is 31.0 Å². The van der Waals surface area contributed by atoms with E-state index in [4.69, 9.17) is 0 Å². The fraction of sp³-hybridized carbons (Fsp3) is 0.350. The Labute approximate surface area is 142 Å². The van der Waals surface area contributed by atoms with Crippen LogP contribution in [0.25, 0.3) is 0 Å². The van der Waals surface area contributed by atoms with Crippen molar-refractivity contribution in [2.45, 2.75) is 26.3 Å². The number of amides is 1. The smallest absolute Gasteiger partial charge is 0.240 e. The first-order valence-corrected chi connectivity index (χ1v) is 8.43. The Morgan fingerprint density at radius 3 is 2.58 bits per heavy atom. The molecule has 1 heterocycles. The molecule has 0 unspecified atom stereocenters. The maximum absolute atomic E-state index is 13.1. The highest BCUT2D eigenvalue weighted by molar-refractivity contribution is 5.96. The lowest BCUT2D eigenvalue weighted by Gasteiger charge is -2.25. The van der Waals surface area contributed by atoms with E-state index in [2.05, 4.69) is 25.2 Å². The second-order valence-corrected chi connectivity index (χ2v) is 6.58. The first-order valence-electron chi connectivity index (χ1n) is 8.43. The summed E-state index contributed by atoms with van der Waals surface area (Å²) >= 11 is 0. The molecule has 24 heavy (non-hydrogen) atoms. The maximum atomic E-state index is 13.1. The molecule has 3 nitrogen and oxygen atoms in total. The SMILES string of the molecule is CC(C)[C@H](NCC(=O)N1CCc2ccccc21)c1ccc(F)cc1. The van der Waals surface area contributed by atoms with Gasteiger partial charge in [0.1, 0.15) is 5.82 Å². The van der Waals surface area contributed by atoms with Gasteiger partial charge < -0.3 is 10.2 Å². The van der Waals surface area contributed by atoms with E-state index in [0.29, 0.717) is 5.92 Å². The summed E-state index contributed by atoms with van der Waals surface area (Å²) in [4.78, 5) is 14.5. The van der Waals surface area contributed by atoms with Crippen LogP contribution in [0, 0.1) is 11.7 Å². The third-order valence-electron chi connectivity index (χ3n) is 4.56. The van der Waals surface area contributed by atoms with E-state index in [1.54, 1.807) is 12.1 Å². The second-order valence-electron chi connectivity index (χ2n) is 6.58. The number of rotatable bonds is 5. The fourth-order valence-corrected chi connectivity index (χ4v) is 3.30. The molecule has 0 fully saturated rings. The normalized spacial score (nSPS) is 14.8. The minimum absolute atomic E-state index is 0.0207. The average Bonchev–Trinajstić information content (AvgIpc) is 3.00. The van der Waals surface area contributed by atoms with E-state index in [1.807, 2.05) is 23.1 Å². The van der Waals surface area contributed by atoms with Gasteiger partial charge >= 0.3 is 0 Å². The minimum Gasteiger partial charge on any atom is -0.311 e. The number of fused-ring (bicyclic) bond motifs is 1. The molecule has 4 heteroatoms. The summed E-state index contributed by atoms with van der Waals surface area (Å²) in [6.45, 7) is 5.20. The lowest BCUT2D eigenvalue weighted by molar-refractivity contribution is -0.117. The van der Waals surface area contributed by atoms with Gasteiger partial charge in [0.15, 0.2) is 0 Å². The van der Waals surface area contributed by atoms with Crippen molar-refractivity contribution in [1.29, 1.82) is 0 Å². The van der Waals surface area contributed by atoms with Gasteiger partial charge in [-0.25, -0.2) is 4.39 Å². The summed E-state index contributed by atoms with van der Waals surface area (Å²) in [6.07, 6.45) is 0.910. The van der Waals surface area contributed by atoms with E-state index in [9.17, 15) is 9.18 Å². The molecule has 1 N–H and O–H groups in total. The molecule has 2 aromatic carbocycles. The molecule has 0 spiro atoms. The van der Waals surface area contributed by atoms with Crippen molar-refractivity contribution in [2.24, 2.45) is 5.92 Å². The van der Waals surface area contributed by atoms with Crippen molar-refractivity contribution < 1.29 is 9.18 Å². The highest BCUT2D eigenvalue weighted by Crippen LogP contribution is 2.27. The number of hydrogen-bond donors (Lipinski definition) is 1. The highest BCUT2D eigenvalue weighted by Gasteiger charge is 2.25. The Morgan fingerprint density at radius 2 is 1.88 bits per heavy atom. The van der Waals surface area contributed by atoms with Gasteiger partial charge in [0.2, 0.25) is 5.91 Å². The van der Waals surface area contributed by atoms with Crippen molar-refractivity contribution in [3.8, 4) is 0 Å². The average molecular weight is 326 g/mol. The van der Waals surface area contributed by atoms with Crippen molar-refractivity contribution in [3.05, 3.63) is 65.5 Å². The van der Waals surface area contributed by atoms with E-state index >= 15 is 0 Å². The fourth-order valence-electron chi connectivity index (χ4n) is 3.30. The van der Waals surface area contributed by atoms with Crippen LogP contribution in [0.15, 0.2) is 48.5 Å². The number of anilines is 1. The highest BCUT2D eigenvalue weighted by atomic mass is 19.1. The van der Waals surface area contributed by atoms with Crippen LogP contribution in [0.5, 0.6) is 0 Å². The van der Waals surface area contributed by atoms with Crippen molar-refractivity contribution in [3.63, 3.8) is 0 Å². The molecule has 0 saturated heterocycles. The summed E-state index contributed by atoms with van der Waals surface area (Å²) in [7, 11) is 0. The summed E-state index contributed by atoms with van der Waals surface area (Å²) in [5.74, 6) is 0.132. The van der Waals surface area contributed by atoms with Gasteiger partial charge in [0, 0.05) is 18.3 Å². The zero-order chi connectivity index (χ0) is 17.1. The summed E-state index contributed by atoms with van der Waals surface area (Å²) in [5, 5.41) is 3.35. The summed E-state index contributed by atoms with van der Waals surface area (Å²) in [5.41, 5.74) is 3.25. The molecule has 126 valence electrons. The third-order valence-corrected chi connectivity index (χ3v) is 4.56. The Balaban J connectivity index is 1.67. The Kier molecular flexibility index (Phi) is 4.95. The number of halogens is 1. The summed E-state index contributed by atoms with van der Waals surface area (Å²) < 4.78 is 13.1. The lowest BCUT2D eigenvalue weighted by Crippen LogP contribution is -2.39. The Bertz CT molecular complexity index is 712. The molecular formula is C20H23FN2O. The molecule has 0 saturated carbocycles. The van der Waals surface area contributed by atoms with Crippen LogP contribution in [-0.2, 0) is 11.2 Å². The van der Waals surface area contributed by atoms with Gasteiger partial charge in [0.05, 0.1) is 6.54 Å². The van der Waals surface area contributed by atoms with E-state index in [0.717, 1.165) is 24.2 Å². The van der Waals surface area contributed by atoms with Gasteiger partial charge in [-0.05, 0) is 41.7 Å². The molecule has 1 atom stereocenters. The molecule has 3 rings (SSSR count). The zero-order valence-corrected chi connectivity index (χ0v) is 14.1. The van der Waals surface area contributed by atoms with Crippen LogP contribution < -0.4 is 10.2 Å². The first kappa shape index (κ1) is 16.7. The van der Waals surface area contributed by atoms with E-state index in [1.165, 1.54) is 17.7 Å². The Morgan fingerprint density at radius 1 is 1.17 bits per heavy atom. The molecule has 0 radical (unpaired) electrons. The van der Waals surface area contributed by atoms with Gasteiger partial charge in [-0.2, -0.15) is 0 Å². The lowest BCUT2D eigenvalue weighted by atomic mass is 9.96. The first-order chi connectivity index (χ1) is 11.6. The van der Waals surface area contributed by atoms with Crippen LogP contribution in [0.4, 0.5) is 10.1 Å². The minimum atomic E-state index is -0.244. The van der Waals surface area contributed by atoms with Crippen LogP contribution >= 0.6 is 0 Å². The van der Waals surface area contributed by atoms with Crippen molar-refractivity contribution in [1.82, 2.24) is 5.32 Å². The van der Waals surface area contributed by atoms with Gasteiger partial charge in [-0.3, -0.25) is 4.79 Å². The number of benzene rings is 2. The Hall–Kier alpha value is -2.20. The molecule has 1 aliphatic rings. The number of hydrogen-bond acceptors (Lipinski definition) is 2. The van der Waals surface area contributed by atoms with Crippen molar-refractivity contribution in [2.75, 3.05) is 18.0 Å². The number of nitrogens with one attached hydrogen (secondary N) is 1. The quantitative estimate of drug-likeness (QED) is 0.908. The molecule has 0 aromatic heterocycles. The van der Waals surface area contributed by atoms with Crippen LogP contribution in [-0.4, -0.2) is 19.0 Å². The number of carbonyl (C=O) groups excluding carboxylic acids is 1. The zero-order valence-electron chi connectivity index (χ0n) is 14.1. The number of para-hydroxylation sites is 1. The van der Waals surface area contributed by atoms with Gasteiger partial charge in [-0.1, -0.05) is 44.2 Å². The van der Waals surface area contributed by atoms with Crippen molar-refractivity contribution >= 4 is 11.6 Å². The third kappa shape index (κ3) is 3.49. The van der Waals surface area contributed by atoms with E-state index in [-0.39, 0.29) is 24.3 Å². The van der Waals surface area contributed by atoms with Gasteiger partial charge in [-0.15, -0.1) is 0 Å². The molecule has 2 aromatic rings. The van der Waals surface area contributed by atoms with Crippen LogP contribution in [0.3, 0.4) is 0 Å². The molecule has 0 aliphatic carbocycles. The monoisotopic (exact) mass is 326 g/mol. The maximum Gasteiger partial charge on any atom is 0.240 e. The predicted octanol–water partition coefficient (Wildman–Crippen LogP) is 3.70. The van der Waals surface area contributed by atoms with Crippen LogP contribution in [0.2, 0.25) is 0 Å². The largest absolute Gasteiger partial charge is 0.311 e. The molecule has 1 aliphatic heterocycles. The predicted molar refractivity (Wildman–Crippen MR) is 94.5 cm³/mol. The molecule has 0 bridgehead atoms. The topological polar surface area (TPSA) is 32.3 Å². The molecule has 1 amide bonds. The number of carbonyl (C=O) groups is 1. The van der Waals surface area contributed by atoms with E-state index < -0.39 is 0 Å².